The zero-order valence-electron chi connectivity index (χ0n) is 19.3. The number of nitrogens with zero attached hydrogens (tertiary/aromatic N) is 1. The van der Waals surface area contributed by atoms with Crippen molar-refractivity contribution >= 4 is 11.9 Å². The van der Waals surface area contributed by atoms with Crippen molar-refractivity contribution < 1.29 is 37.3 Å². The van der Waals surface area contributed by atoms with Gasteiger partial charge in [-0.1, -0.05) is 24.3 Å². The number of halogens is 3. The van der Waals surface area contributed by atoms with E-state index in [1.54, 1.807) is 29.6 Å². The average Bonchev–Trinajstić information content (AvgIpc) is 3.27. The fourth-order valence-corrected chi connectivity index (χ4v) is 4.14. The second-order valence-corrected chi connectivity index (χ2v) is 8.40. The number of benzene rings is 3. The molecule has 0 saturated heterocycles. The molecule has 190 valence electrons. The molecule has 37 heavy (non-hydrogen) atoms. The number of fused-ring (bicyclic) bond motifs is 1. The Bertz CT molecular complexity index is 1330. The van der Waals surface area contributed by atoms with Gasteiger partial charge < -0.3 is 19.9 Å². The molecule has 10 heteroatoms. The van der Waals surface area contributed by atoms with E-state index >= 15 is 0 Å². The summed E-state index contributed by atoms with van der Waals surface area (Å²) in [5.41, 5.74) is 2.67. The molecule has 0 aliphatic heterocycles. The summed E-state index contributed by atoms with van der Waals surface area (Å²) in [5.74, 6) is -1.84. The first kappa shape index (κ1) is 25.6. The first-order chi connectivity index (χ1) is 17.6. The van der Waals surface area contributed by atoms with Gasteiger partial charge in [0.1, 0.15) is 23.4 Å². The van der Waals surface area contributed by atoms with Gasteiger partial charge in [-0.3, -0.25) is 9.59 Å². The standard InChI is InChI=1S/C27H21F3N2O5/c28-27(29,30)26(35)32-22(14-25(33)34)17-6-10-19(11-7-17)37-24-13-12-21-20(24)2-1-3-23(21)36-18-8-4-16(15-31)5-9-18/h1-11,22,24H,12-14H2,(H,32,35)(H,33,34)/t22?,24-/m1/s1. The van der Waals surface area contributed by atoms with Crippen LogP contribution in [0.4, 0.5) is 13.2 Å². The van der Waals surface area contributed by atoms with Crippen LogP contribution in [0.1, 0.15) is 47.2 Å². The lowest BCUT2D eigenvalue weighted by molar-refractivity contribution is -0.174. The summed E-state index contributed by atoms with van der Waals surface area (Å²) in [6.45, 7) is 0. The third-order valence-corrected chi connectivity index (χ3v) is 5.89. The third-order valence-electron chi connectivity index (χ3n) is 5.89. The Morgan fingerprint density at radius 3 is 2.35 bits per heavy atom. The normalized spacial score (nSPS) is 15.2. The van der Waals surface area contributed by atoms with Crippen molar-refractivity contribution in [2.75, 3.05) is 0 Å². The number of aliphatic carboxylic acids is 1. The van der Waals surface area contributed by atoms with Crippen LogP contribution in [0.5, 0.6) is 17.2 Å². The number of carboxylic acid groups (broad SMARTS) is 1. The van der Waals surface area contributed by atoms with Crippen LogP contribution in [0.3, 0.4) is 0 Å². The SMILES string of the molecule is N#Cc1ccc(Oc2cccc3c2CC[C@H]3Oc2ccc(C(CC(=O)O)NC(=O)C(F)(F)F)cc2)cc1. The van der Waals surface area contributed by atoms with Gasteiger partial charge in [-0.2, -0.15) is 18.4 Å². The highest BCUT2D eigenvalue weighted by Gasteiger charge is 2.40. The number of carbonyl (C=O) groups excluding carboxylic acids is 1. The topological polar surface area (TPSA) is 109 Å². The average molecular weight is 510 g/mol. The Balaban J connectivity index is 1.47. The van der Waals surface area contributed by atoms with Crippen molar-refractivity contribution in [1.82, 2.24) is 5.32 Å². The number of carboxylic acids is 1. The Morgan fingerprint density at radius 2 is 1.73 bits per heavy atom. The lowest BCUT2D eigenvalue weighted by Crippen LogP contribution is -2.39. The molecule has 0 saturated carbocycles. The zero-order chi connectivity index (χ0) is 26.6. The van der Waals surface area contributed by atoms with Crippen LogP contribution in [0, 0.1) is 11.3 Å². The van der Waals surface area contributed by atoms with Crippen molar-refractivity contribution in [3.05, 3.63) is 89.0 Å². The summed E-state index contributed by atoms with van der Waals surface area (Å²) in [5, 5.41) is 19.7. The summed E-state index contributed by atoms with van der Waals surface area (Å²) >= 11 is 0. The number of nitriles is 1. The van der Waals surface area contributed by atoms with Gasteiger partial charge in [-0.25, -0.2) is 0 Å². The van der Waals surface area contributed by atoms with Gasteiger partial charge >= 0.3 is 18.1 Å². The van der Waals surface area contributed by atoms with Gasteiger partial charge in [-0.15, -0.1) is 0 Å². The van der Waals surface area contributed by atoms with Crippen LogP contribution < -0.4 is 14.8 Å². The van der Waals surface area contributed by atoms with Gasteiger partial charge in [0.25, 0.3) is 0 Å². The molecule has 1 amide bonds. The highest BCUT2D eigenvalue weighted by atomic mass is 19.4. The predicted molar refractivity (Wildman–Crippen MR) is 125 cm³/mol. The van der Waals surface area contributed by atoms with Crippen LogP contribution in [-0.4, -0.2) is 23.2 Å². The van der Waals surface area contributed by atoms with E-state index in [4.69, 9.17) is 19.8 Å². The molecule has 0 heterocycles. The summed E-state index contributed by atoms with van der Waals surface area (Å²) in [4.78, 5) is 22.5. The van der Waals surface area contributed by atoms with Crippen LogP contribution in [0.25, 0.3) is 0 Å². The molecule has 2 atom stereocenters. The number of carbonyl (C=O) groups is 2. The molecule has 1 aliphatic carbocycles. The fourth-order valence-electron chi connectivity index (χ4n) is 4.14. The first-order valence-corrected chi connectivity index (χ1v) is 11.3. The second-order valence-electron chi connectivity index (χ2n) is 8.40. The molecular weight excluding hydrogens is 489 g/mol. The van der Waals surface area contributed by atoms with Crippen LogP contribution in [-0.2, 0) is 16.0 Å². The number of hydrogen-bond acceptors (Lipinski definition) is 5. The number of rotatable bonds is 8. The number of nitrogens with one attached hydrogen (secondary N) is 1. The number of alkyl halides is 3. The third kappa shape index (κ3) is 6.19. The minimum absolute atomic E-state index is 0.206. The summed E-state index contributed by atoms with van der Waals surface area (Å²) in [7, 11) is 0. The molecule has 7 nitrogen and oxygen atoms in total. The number of hydrogen-bond donors (Lipinski definition) is 2. The smallest absolute Gasteiger partial charge is 0.471 e. The van der Waals surface area contributed by atoms with Gasteiger partial charge in [-0.05, 0) is 66.4 Å². The molecule has 0 spiro atoms. The molecule has 1 aliphatic rings. The summed E-state index contributed by atoms with van der Waals surface area (Å²) < 4.78 is 50.1. The lowest BCUT2D eigenvalue weighted by Gasteiger charge is -2.20. The van der Waals surface area contributed by atoms with E-state index in [-0.39, 0.29) is 11.7 Å². The molecule has 1 unspecified atom stereocenters. The van der Waals surface area contributed by atoms with E-state index in [1.165, 1.54) is 24.3 Å². The molecule has 3 aromatic carbocycles. The molecule has 0 aromatic heterocycles. The molecular formula is C27H21F3N2O5. The second kappa shape index (κ2) is 10.6. The number of amides is 1. The maximum absolute atomic E-state index is 12.7. The van der Waals surface area contributed by atoms with Crippen molar-refractivity contribution in [3.8, 4) is 23.3 Å². The monoisotopic (exact) mass is 510 g/mol. The maximum Gasteiger partial charge on any atom is 0.471 e. The fraction of sp³-hybridized carbons (Fsp3) is 0.222. The minimum Gasteiger partial charge on any atom is -0.486 e. The minimum atomic E-state index is -5.13. The Hall–Kier alpha value is -4.52. The highest BCUT2D eigenvalue weighted by molar-refractivity contribution is 5.82. The maximum atomic E-state index is 12.7. The quantitative estimate of drug-likeness (QED) is 0.408. The molecule has 2 N–H and O–H groups in total. The van der Waals surface area contributed by atoms with E-state index in [0.29, 0.717) is 35.7 Å². The molecule has 0 radical (unpaired) electrons. The van der Waals surface area contributed by atoms with Gasteiger partial charge in [0, 0.05) is 5.56 Å². The zero-order valence-corrected chi connectivity index (χ0v) is 19.3. The van der Waals surface area contributed by atoms with Gasteiger partial charge in [0.05, 0.1) is 24.1 Å². The Morgan fingerprint density at radius 1 is 1.05 bits per heavy atom. The van der Waals surface area contributed by atoms with Crippen LogP contribution in [0.15, 0.2) is 66.7 Å². The van der Waals surface area contributed by atoms with E-state index in [1.807, 2.05) is 18.2 Å². The van der Waals surface area contributed by atoms with Crippen molar-refractivity contribution in [1.29, 1.82) is 5.26 Å². The van der Waals surface area contributed by atoms with Gasteiger partial charge in [0.15, 0.2) is 0 Å². The van der Waals surface area contributed by atoms with Crippen molar-refractivity contribution in [2.24, 2.45) is 0 Å². The lowest BCUT2D eigenvalue weighted by atomic mass is 10.0. The first-order valence-electron chi connectivity index (χ1n) is 11.3. The van der Waals surface area contributed by atoms with Crippen LogP contribution in [0.2, 0.25) is 0 Å². The Kier molecular flexibility index (Phi) is 7.34. The van der Waals surface area contributed by atoms with E-state index < -0.39 is 30.5 Å². The predicted octanol–water partition coefficient (Wildman–Crippen LogP) is 5.61. The van der Waals surface area contributed by atoms with E-state index in [2.05, 4.69) is 6.07 Å². The molecule has 4 rings (SSSR count). The number of ether oxygens (including phenoxy) is 2. The largest absolute Gasteiger partial charge is 0.486 e. The Labute approximate surface area is 210 Å². The molecule has 3 aromatic rings. The molecule has 0 bridgehead atoms. The molecule has 0 fully saturated rings. The van der Waals surface area contributed by atoms with Crippen LogP contribution >= 0.6 is 0 Å². The van der Waals surface area contributed by atoms with Crippen molar-refractivity contribution in [3.63, 3.8) is 0 Å². The van der Waals surface area contributed by atoms with E-state index in [0.717, 1.165) is 11.1 Å². The summed E-state index contributed by atoms with van der Waals surface area (Å²) in [6, 6.07) is 19.0. The van der Waals surface area contributed by atoms with E-state index in [9.17, 15) is 22.8 Å². The van der Waals surface area contributed by atoms with Crippen molar-refractivity contribution in [2.45, 2.75) is 37.6 Å². The van der Waals surface area contributed by atoms with Gasteiger partial charge in [0.2, 0.25) is 0 Å². The highest BCUT2D eigenvalue weighted by Crippen LogP contribution is 2.41. The summed E-state index contributed by atoms with van der Waals surface area (Å²) in [6.07, 6.45) is -4.74.